The predicted octanol–water partition coefficient (Wildman–Crippen LogP) is -1.76. The number of guanidine groups is 1. The molecule has 0 rings (SSSR count). The minimum atomic E-state index is -1.22. The Labute approximate surface area is 182 Å². The van der Waals surface area contributed by atoms with Crippen molar-refractivity contribution in [3.05, 3.63) is 0 Å². The van der Waals surface area contributed by atoms with Gasteiger partial charge in [0.15, 0.2) is 5.96 Å². The van der Waals surface area contributed by atoms with Crippen LogP contribution in [-0.4, -0.2) is 66.0 Å². The fourth-order valence-corrected chi connectivity index (χ4v) is 2.62. The number of amides is 3. The van der Waals surface area contributed by atoms with E-state index in [-0.39, 0.29) is 30.8 Å². The summed E-state index contributed by atoms with van der Waals surface area (Å²) >= 11 is 0. The fourth-order valence-electron chi connectivity index (χ4n) is 2.62. The number of nitrogens with zero attached hydrogens (tertiary/aromatic N) is 1. The van der Waals surface area contributed by atoms with Crippen LogP contribution in [0.5, 0.6) is 0 Å². The molecule has 0 fully saturated rings. The van der Waals surface area contributed by atoms with Gasteiger partial charge in [-0.05, 0) is 24.7 Å². The Kier molecular flexibility index (Phi) is 12.9. The van der Waals surface area contributed by atoms with Crippen LogP contribution in [0.1, 0.15) is 47.0 Å². The van der Waals surface area contributed by atoms with Crippen molar-refractivity contribution in [1.29, 1.82) is 0 Å². The third kappa shape index (κ3) is 11.2. The number of carbonyl (C=O) groups excluding carboxylic acids is 3. The maximum atomic E-state index is 12.8. The van der Waals surface area contributed by atoms with Crippen LogP contribution < -0.4 is 33.2 Å². The number of carboxylic acids is 1. The maximum absolute atomic E-state index is 12.8. The van der Waals surface area contributed by atoms with Crippen LogP contribution in [-0.2, 0) is 19.2 Å². The summed E-state index contributed by atoms with van der Waals surface area (Å²) in [6, 6.07) is -2.72. The molecule has 10 N–H and O–H groups in total. The molecule has 0 aromatic heterocycles. The normalized spacial score (nSPS) is 14.6. The van der Waals surface area contributed by atoms with E-state index in [0.29, 0.717) is 12.8 Å². The van der Waals surface area contributed by atoms with Gasteiger partial charge in [0.1, 0.15) is 18.6 Å². The quantitative estimate of drug-likeness (QED) is 0.0924. The maximum Gasteiger partial charge on any atom is 0.322 e. The molecule has 0 saturated heterocycles. The molecule has 0 aliphatic carbocycles. The minimum Gasteiger partial charge on any atom is -0.480 e. The number of carbonyl (C=O) groups is 4. The Morgan fingerprint density at radius 3 is 2.10 bits per heavy atom. The lowest BCUT2D eigenvalue weighted by molar-refractivity contribution is -0.138. The highest BCUT2D eigenvalue weighted by Crippen LogP contribution is 2.09. The molecule has 0 aromatic rings. The molecule has 0 saturated carbocycles. The Morgan fingerprint density at radius 2 is 1.61 bits per heavy atom. The summed E-state index contributed by atoms with van der Waals surface area (Å²) in [5.41, 5.74) is 16.5. The largest absolute Gasteiger partial charge is 0.480 e. The van der Waals surface area contributed by atoms with E-state index >= 15 is 0 Å². The molecule has 0 heterocycles. The van der Waals surface area contributed by atoms with Gasteiger partial charge in [0.25, 0.3) is 0 Å². The summed E-state index contributed by atoms with van der Waals surface area (Å²) in [4.78, 5) is 52.2. The molecule has 0 bridgehead atoms. The average Bonchev–Trinajstić information content (AvgIpc) is 2.70. The third-order valence-electron chi connectivity index (χ3n) is 4.80. The Balaban J connectivity index is 5.27. The monoisotopic (exact) mass is 443 g/mol. The zero-order chi connectivity index (χ0) is 24.1. The molecular weight excluding hydrogens is 406 g/mol. The van der Waals surface area contributed by atoms with Gasteiger partial charge in [-0.2, -0.15) is 0 Å². The number of hydrogen-bond donors (Lipinski definition) is 7. The highest BCUT2D eigenvalue weighted by Gasteiger charge is 2.31. The number of nitrogens with one attached hydrogen (secondary N) is 3. The number of rotatable bonds is 14. The molecule has 0 aromatic carbocycles. The van der Waals surface area contributed by atoms with Gasteiger partial charge >= 0.3 is 5.97 Å². The minimum absolute atomic E-state index is 0.0686. The van der Waals surface area contributed by atoms with Crippen molar-refractivity contribution in [2.24, 2.45) is 34.0 Å². The van der Waals surface area contributed by atoms with Crippen LogP contribution >= 0.6 is 0 Å². The smallest absolute Gasteiger partial charge is 0.322 e. The van der Waals surface area contributed by atoms with Gasteiger partial charge in [0.05, 0.1) is 6.04 Å². The van der Waals surface area contributed by atoms with Crippen molar-refractivity contribution < 1.29 is 24.3 Å². The van der Waals surface area contributed by atoms with Crippen molar-refractivity contribution in [1.82, 2.24) is 16.0 Å². The van der Waals surface area contributed by atoms with Gasteiger partial charge in [-0.25, -0.2) is 0 Å². The van der Waals surface area contributed by atoms with Crippen LogP contribution in [0.15, 0.2) is 4.99 Å². The lowest BCUT2D eigenvalue weighted by Gasteiger charge is -2.27. The van der Waals surface area contributed by atoms with Gasteiger partial charge in [0, 0.05) is 6.54 Å². The first-order chi connectivity index (χ1) is 14.4. The molecule has 3 amide bonds. The first-order valence-corrected chi connectivity index (χ1v) is 10.3. The number of nitrogens with two attached hydrogens (primary N) is 3. The van der Waals surface area contributed by atoms with E-state index in [1.807, 2.05) is 13.8 Å². The molecular formula is C19H37N7O5. The second kappa shape index (κ2) is 14.2. The second-order valence-corrected chi connectivity index (χ2v) is 7.76. The lowest BCUT2D eigenvalue weighted by Crippen LogP contribution is -2.58. The van der Waals surface area contributed by atoms with Gasteiger partial charge in [-0.15, -0.1) is 0 Å². The molecule has 12 nitrogen and oxygen atoms in total. The first-order valence-electron chi connectivity index (χ1n) is 10.3. The van der Waals surface area contributed by atoms with E-state index in [1.165, 1.54) is 0 Å². The Morgan fingerprint density at radius 1 is 1.00 bits per heavy atom. The van der Waals surface area contributed by atoms with Gasteiger partial charge < -0.3 is 38.3 Å². The molecule has 31 heavy (non-hydrogen) atoms. The van der Waals surface area contributed by atoms with Crippen LogP contribution in [0.2, 0.25) is 0 Å². The van der Waals surface area contributed by atoms with E-state index in [9.17, 15) is 19.2 Å². The van der Waals surface area contributed by atoms with E-state index in [1.54, 1.807) is 13.8 Å². The molecule has 178 valence electrons. The Bertz CT molecular complexity index is 650. The highest BCUT2D eigenvalue weighted by molar-refractivity contribution is 5.93. The first kappa shape index (κ1) is 28.1. The number of carboxylic acid groups (broad SMARTS) is 1. The van der Waals surface area contributed by atoms with Crippen molar-refractivity contribution >= 4 is 29.7 Å². The molecule has 0 radical (unpaired) electrons. The van der Waals surface area contributed by atoms with Crippen molar-refractivity contribution in [2.75, 3.05) is 13.1 Å². The Hall–Kier alpha value is -2.89. The van der Waals surface area contributed by atoms with E-state index in [4.69, 9.17) is 22.3 Å². The standard InChI is InChI=1S/C19H37N7O5/c1-5-11(4)14(20)17(30)26-15(10(2)3)18(31)25-12(7-6-8-23-19(21)22)16(29)24-9-13(27)28/h10-12,14-15H,5-9,20H2,1-4H3,(H,24,29)(H,25,31)(H,26,30)(H,27,28)(H4,21,22,23). The SMILES string of the molecule is CCC(C)C(N)C(=O)NC(C(=O)NC(CCCN=C(N)N)C(=O)NCC(=O)O)C(C)C. The van der Waals surface area contributed by atoms with Crippen LogP contribution in [0.25, 0.3) is 0 Å². The molecule has 0 aliphatic heterocycles. The zero-order valence-electron chi connectivity index (χ0n) is 18.7. The lowest BCUT2D eigenvalue weighted by atomic mass is 9.97. The van der Waals surface area contributed by atoms with Crippen molar-refractivity contribution in [3.63, 3.8) is 0 Å². The van der Waals surface area contributed by atoms with Crippen molar-refractivity contribution in [3.8, 4) is 0 Å². The number of hydrogen-bond acceptors (Lipinski definition) is 6. The summed E-state index contributed by atoms with van der Waals surface area (Å²) in [6.07, 6.45) is 1.23. The summed E-state index contributed by atoms with van der Waals surface area (Å²) < 4.78 is 0. The molecule has 4 unspecified atom stereocenters. The van der Waals surface area contributed by atoms with Crippen LogP contribution in [0.3, 0.4) is 0 Å². The van der Waals surface area contributed by atoms with E-state index < -0.39 is 48.4 Å². The summed E-state index contributed by atoms with van der Waals surface area (Å²) in [5, 5.41) is 16.3. The fraction of sp³-hybridized carbons (Fsp3) is 0.737. The van der Waals surface area contributed by atoms with Gasteiger partial charge in [0.2, 0.25) is 17.7 Å². The molecule has 4 atom stereocenters. The molecule has 0 aliphatic rings. The third-order valence-corrected chi connectivity index (χ3v) is 4.80. The highest BCUT2D eigenvalue weighted by atomic mass is 16.4. The second-order valence-electron chi connectivity index (χ2n) is 7.76. The van der Waals surface area contributed by atoms with Gasteiger partial charge in [-0.1, -0.05) is 34.1 Å². The zero-order valence-corrected chi connectivity index (χ0v) is 18.7. The van der Waals surface area contributed by atoms with E-state index in [0.717, 1.165) is 0 Å². The summed E-state index contributed by atoms with van der Waals surface area (Å²) in [7, 11) is 0. The van der Waals surface area contributed by atoms with E-state index in [2.05, 4.69) is 20.9 Å². The van der Waals surface area contributed by atoms with Crippen LogP contribution in [0, 0.1) is 11.8 Å². The number of aliphatic imine (C=N–C) groups is 1. The topological polar surface area (TPSA) is 215 Å². The summed E-state index contributed by atoms with van der Waals surface area (Å²) in [5.74, 6) is -3.36. The van der Waals surface area contributed by atoms with Crippen molar-refractivity contribution in [2.45, 2.75) is 65.1 Å². The average molecular weight is 444 g/mol. The summed E-state index contributed by atoms with van der Waals surface area (Å²) in [6.45, 7) is 6.89. The molecule has 12 heteroatoms. The molecule has 0 spiro atoms. The van der Waals surface area contributed by atoms with Crippen LogP contribution in [0.4, 0.5) is 0 Å². The predicted molar refractivity (Wildman–Crippen MR) is 117 cm³/mol. The number of aliphatic carboxylic acids is 1. The van der Waals surface area contributed by atoms with Gasteiger partial charge in [-0.3, -0.25) is 24.2 Å².